The van der Waals surface area contributed by atoms with Gasteiger partial charge in [0.05, 0.1) is 0 Å². The van der Waals surface area contributed by atoms with Gasteiger partial charge >= 0.3 is 5.97 Å². The van der Waals surface area contributed by atoms with Crippen LogP contribution in [0.15, 0.2) is 6.07 Å². The van der Waals surface area contributed by atoms with E-state index in [0.29, 0.717) is 11.1 Å². The molecule has 0 heterocycles. The van der Waals surface area contributed by atoms with Crippen LogP contribution in [0.1, 0.15) is 42.3 Å². The molecule has 0 aromatic heterocycles. The molecule has 0 unspecified atom stereocenters. The fourth-order valence-corrected chi connectivity index (χ4v) is 2.15. The predicted octanol–water partition coefficient (Wildman–Crippen LogP) is 3.30. The number of halogens is 1. The molecular weight excluding hydrogens is 319 g/mol. The monoisotopic (exact) mass is 334 g/mol. The Morgan fingerprint density at radius 1 is 1.38 bits per heavy atom. The van der Waals surface area contributed by atoms with Crippen LogP contribution in [0.2, 0.25) is 0 Å². The van der Waals surface area contributed by atoms with E-state index in [1.807, 2.05) is 26.8 Å². The zero-order chi connectivity index (χ0) is 12.7. The Morgan fingerprint density at radius 3 is 2.25 bits per heavy atom. The molecule has 2 N–H and O–H groups in total. The summed E-state index contributed by atoms with van der Waals surface area (Å²) in [6, 6.07) is 1.84. The lowest BCUT2D eigenvalue weighted by Gasteiger charge is -2.22. The van der Waals surface area contributed by atoms with Gasteiger partial charge < -0.3 is 10.2 Å². The molecule has 0 fully saturated rings. The summed E-state index contributed by atoms with van der Waals surface area (Å²) in [6.07, 6.45) is 0. The lowest BCUT2D eigenvalue weighted by atomic mass is 9.84. The number of phenols is 1. The number of carboxylic acid groups (broad SMARTS) is 1. The van der Waals surface area contributed by atoms with E-state index in [2.05, 4.69) is 22.6 Å². The third-order valence-electron chi connectivity index (χ3n) is 2.52. The summed E-state index contributed by atoms with van der Waals surface area (Å²) < 4.78 is 0.859. The zero-order valence-electron chi connectivity index (χ0n) is 9.76. The molecule has 1 aromatic rings. The minimum atomic E-state index is -1.08. The molecule has 0 spiro atoms. The summed E-state index contributed by atoms with van der Waals surface area (Å²) in [5.41, 5.74) is 1.01. The van der Waals surface area contributed by atoms with Crippen molar-refractivity contribution in [3.05, 3.63) is 26.3 Å². The van der Waals surface area contributed by atoms with Gasteiger partial charge in [-0.05, 0) is 46.6 Å². The Kier molecular flexibility index (Phi) is 3.52. The van der Waals surface area contributed by atoms with E-state index in [9.17, 15) is 9.90 Å². The van der Waals surface area contributed by atoms with Gasteiger partial charge in [-0.3, -0.25) is 0 Å². The Labute approximate surface area is 109 Å². The Hall–Kier alpha value is -0.780. The number of hydrogen-bond acceptors (Lipinski definition) is 2. The minimum absolute atomic E-state index is 0.0109. The predicted molar refractivity (Wildman–Crippen MR) is 71.2 cm³/mol. The summed E-state index contributed by atoms with van der Waals surface area (Å²) in [6.45, 7) is 7.54. The molecule has 0 bridgehead atoms. The highest BCUT2D eigenvalue weighted by atomic mass is 127. The number of rotatable bonds is 1. The number of benzene rings is 1. The third kappa shape index (κ3) is 2.31. The number of carboxylic acids is 1. The summed E-state index contributed by atoms with van der Waals surface area (Å²) >= 11 is 2.09. The standard InChI is InChI=1S/C12H15IO3/c1-6-8(13)5-7(12(2,3)4)10(14)9(6)11(15)16/h5,14H,1-4H3,(H,15,16). The van der Waals surface area contributed by atoms with Crippen LogP contribution in [-0.4, -0.2) is 16.2 Å². The molecule has 0 saturated heterocycles. The molecule has 0 atom stereocenters. The van der Waals surface area contributed by atoms with Crippen LogP contribution in [0.5, 0.6) is 5.75 Å². The van der Waals surface area contributed by atoms with Crippen LogP contribution in [0.4, 0.5) is 0 Å². The number of hydrogen-bond donors (Lipinski definition) is 2. The lowest BCUT2D eigenvalue weighted by Crippen LogP contribution is -2.15. The number of aromatic carboxylic acids is 1. The van der Waals surface area contributed by atoms with E-state index in [1.54, 1.807) is 6.92 Å². The van der Waals surface area contributed by atoms with Crippen molar-refractivity contribution in [2.45, 2.75) is 33.1 Å². The molecule has 0 amide bonds. The van der Waals surface area contributed by atoms with Gasteiger partial charge in [-0.15, -0.1) is 0 Å². The van der Waals surface area contributed by atoms with E-state index >= 15 is 0 Å². The molecule has 0 saturated carbocycles. The first-order valence-corrected chi connectivity index (χ1v) is 6.00. The maximum absolute atomic E-state index is 11.1. The van der Waals surface area contributed by atoms with Gasteiger partial charge in [0.25, 0.3) is 0 Å². The van der Waals surface area contributed by atoms with Crippen molar-refractivity contribution in [3.8, 4) is 5.75 Å². The Balaban J connectivity index is 3.64. The maximum atomic E-state index is 11.1. The number of carbonyl (C=O) groups is 1. The zero-order valence-corrected chi connectivity index (χ0v) is 11.9. The first-order valence-electron chi connectivity index (χ1n) is 4.92. The van der Waals surface area contributed by atoms with E-state index in [1.165, 1.54) is 0 Å². The van der Waals surface area contributed by atoms with Crippen molar-refractivity contribution in [1.29, 1.82) is 0 Å². The topological polar surface area (TPSA) is 57.5 Å². The fraction of sp³-hybridized carbons (Fsp3) is 0.417. The molecule has 4 heteroatoms. The summed E-state index contributed by atoms with van der Waals surface area (Å²) in [5, 5.41) is 19.1. The SMILES string of the molecule is Cc1c(I)cc(C(C)(C)C)c(O)c1C(=O)O. The van der Waals surface area contributed by atoms with Gasteiger partial charge in [0, 0.05) is 9.13 Å². The van der Waals surface area contributed by atoms with Gasteiger partial charge in [0.2, 0.25) is 0 Å². The quantitative estimate of drug-likeness (QED) is 0.775. The summed E-state index contributed by atoms with van der Waals surface area (Å²) in [5.74, 6) is -1.20. The number of aromatic hydroxyl groups is 1. The molecule has 88 valence electrons. The van der Waals surface area contributed by atoms with Crippen LogP contribution in [0.25, 0.3) is 0 Å². The molecule has 1 rings (SSSR count). The first-order chi connectivity index (χ1) is 7.16. The Bertz CT molecular complexity index is 445. The largest absolute Gasteiger partial charge is 0.507 e. The maximum Gasteiger partial charge on any atom is 0.339 e. The summed E-state index contributed by atoms with van der Waals surface area (Å²) in [7, 11) is 0. The second-order valence-electron chi connectivity index (χ2n) is 4.81. The van der Waals surface area contributed by atoms with Crippen molar-refractivity contribution in [3.63, 3.8) is 0 Å². The van der Waals surface area contributed by atoms with Crippen molar-refractivity contribution >= 4 is 28.6 Å². The second-order valence-corrected chi connectivity index (χ2v) is 5.97. The molecule has 0 radical (unpaired) electrons. The first kappa shape index (κ1) is 13.3. The lowest BCUT2D eigenvalue weighted by molar-refractivity contribution is 0.0692. The van der Waals surface area contributed by atoms with Gasteiger partial charge in [0.15, 0.2) is 0 Å². The molecule has 0 aliphatic carbocycles. The van der Waals surface area contributed by atoms with Gasteiger partial charge in [-0.1, -0.05) is 20.8 Å². The van der Waals surface area contributed by atoms with Crippen molar-refractivity contribution in [2.75, 3.05) is 0 Å². The van der Waals surface area contributed by atoms with Crippen LogP contribution in [0, 0.1) is 10.5 Å². The van der Waals surface area contributed by atoms with Crippen molar-refractivity contribution in [1.82, 2.24) is 0 Å². The van der Waals surface area contributed by atoms with Crippen LogP contribution < -0.4 is 0 Å². The smallest absolute Gasteiger partial charge is 0.339 e. The highest BCUT2D eigenvalue weighted by Crippen LogP contribution is 2.37. The van der Waals surface area contributed by atoms with Crippen LogP contribution >= 0.6 is 22.6 Å². The van der Waals surface area contributed by atoms with Gasteiger partial charge in [0.1, 0.15) is 11.3 Å². The summed E-state index contributed by atoms with van der Waals surface area (Å²) in [4.78, 5) is 11.1. The normalized spacial score (nSPS) is 11.6. The highest BCUT2D eigenvalue weighted by Gasteiger charge is 2.25. The van der Waals surface area contributed by atoms with E-state index < -0.39 is 5.97 Å². The average molecular weight is 334 g/mol. The molecular formula is C12H15IO3. The van der Waals surface area contributed by atoms with E-state index in [0.717, 1.165) is 3.57 Å². The molecule has 0 aliphatic rings. The molecule has 0 aliphatic heterocycles. The van der Waals surface area contributed by atoms with Crippen LogP contribution in [0.3, 0.4) is 0 Å². The molecule has 3 nitrogen and oxygen atoms in total. The van der Waals surface area contributed by atoms with E-state index in [4.69, 9.17) is 5.11 Å². The van der Waals surface area contributed by atoms with E-state index in [-0.39, 0.29) is 16.7 Å². The second kappa shape index (κ2) is 4.24. The Morgan fingerprint density at radius 2 is 1.88 bits per heavy atom. The minimum Gasteiger partial charge on any atom is -0.507 e. The molecule has 1 aromatic carbocycles. The third-order valence-corrected chi connectivity index (χ3v) is 3.64. The highest BCUT2D eigenvalue weighted by molar-refractivity contribution is 14.1. The fourth-order valence-electron chi connectivity index (χ4n) is 1.57. The van der Waals surface area contributed by atoms with Crippen molar-refractivity contribution in [2.24, 2.45) is 0 Å². The molecule has 16 heavy (non-hydrogen) atoms. The van der Waals surface area contributed by atoms with Crippen LogP contribution in [-0.2, 0) is 5.41 Å². The van der Waals surface area contributed by atoms with Gasteiger partial charge in [-0.2, -0.15) is 0 Å². The van der Waals surface area contributed by atoms with Gasteiger partial charge in [-0.25, -0.2) is 4.79 Å². The van der Waals surface area contributed by atoms with Crippen molar-refractivity contribution < 1.29 is 15.0 Å². The average Bonchev–Trinajstić information content (AvgIpc) is 2.09.